The van der Waals surface area contributed by atoms with Crippen molar-refractivity contribution in [1.29, 1.82) is 0 Å². The number of hydrogen-bond acceptors (Lipinski definition) is 2. The molecule has 2 heteroatoms. The van der Waals surface area contributed by atoms with Crippen molar-refractivity contribution >= 4 is 0 Å². The summed E-state index contributed by atoms with van der Waals surface area (Å²) in [5, 5.41) is 3.58. The molecule has 1 rings (SSSR count). The van der Waals surface area contributed by atoms with Crippen LogP contribution in [-0.4, -0.2) is 36.1 Å². The van der Waals surface area contributed by atoms with Crippen LogP contribution in [0.5, 0.6) is 0 Å². The Morgan fingerprint density at radius 3 is 2.87 bits per heavy atom. The normalized spacial score (nSPS) is 24.1. The Balaban J connectivity index is 2.62. The molecule has 0 aromatic heterocycles. The fraction of sp³-hybridized carbons (Fsp3) is 0.846. The molecule has 0 saturated carbocycles. The van der Waals surface area contributed by atoms with Gasteiger partial charge < -0.3 is 5.32 Å². The zero-order chi connectivity index (χ0) is 11.3. The van der Waals surface area contributed by atoms with Crippen LogP contribution in [0.3, 0.4) is 0 Å². The zero-order valence-electron chi connectivity index (χ0n) is 10.3. The minimum Gasteiger partial charge on any atom is -0.310 e. The van der Waals surface area contributed by atoms with Gasteiger partial charge in [-0.2, -0.15) is 0 Å². The van der Waals surface area contributed by atoms with Gasteiger partial charge >= 0.3 is 0 Å². The van der Waals surface area contributed by atoms with E-state index in [1.54, 1.807) is 0 Å². The predicted molar refractivity (Wildman–Crippen MR) is 65.8 cm³/mol. The van der Waals surface area contributed by atoms with E-state index in [1.165, 1.54) is 13.0 Å². The first-order chi connectivity index (χ1) is 7.09. The molecule has 15 heavy (non-hydrogen) atoms. The van der Waals surface area contributed by atoms with E-state index in [-0.39, 0.29) is 5.54 Å². The monoisotopic (exact) mass is 208 g/mol. The molecule has 0 aliphatic carbocycles. The fourth-order valence-corrected chi connectivity index (χ4v) is 2.33. The maximum Gasteiger partial charge on any atom is 0.0252 e. The standard InChI is InChI=1S/C13H24N2/c1-5-8-12(6-2)15-10-7-9-14-13(3,4)11-15/h1,12,14H,6-11H2,2-4H3. The molecule has 1 N–H and O–H groups in total. The Kier molecular flexibility index (Phi) is 4.63. The summed E-state index contributed by atoms with van der Waals surface area (Å²) in [6.45, 7) is 10.2. The Morgan fingerprint density at radius 2 is 2.27 bits per heavy atom. The Hall–Kier alpha value is -0.520. The van der Waals surface area contributed by atoms with E-state index in [0.717, 1.165) is 25.9 Å². The van der Waals surface area contributed by atoms with Gasteiger partial charge in [0.25, 0.3) is 0 Å². The van der Waals surface area contributed by atoms with E-state index in [2.05, 4.69) is 36.9 Å². The van der Waals surface area contributed by atoms with Crippen LogP contribution < -0.4 is 5.32 Å². The summed E-state index contributed by atoms with van der Waals surface area (Å²) in [4.78, 5) is 2.56. The summed E-state index contributed by atoms with van der Waals surface area (Å²) in [6, 6.07) is 0.564. The highest BCUT2D eigenvalue weighted by atomic mass is 15.2. The van der Waals surface area contributed by atoms with Crippen molar-refractivity contribution in [1.82, 2.24) is 10.2 Å². The average molecular weight is 208 g/mol. The van der Waals surface area contributed by atoms with E-state index in [0.29, 0.717) is 6.04 Å². The second-order valence-corrected chi connectivity index (χ2v) is 5.11. The first-order valence-electron chi connectivity index (χ1n) is 6.01. The van der Waals surface area contributed by atoms with Gasteiger partial charge in [0.1, 0.15) is 0 Å². The van der Waals surface area contributed by atoms with Crippen LogP contribution in [-0.2, 0) is 0 Å². The predicted octanol–water partition coefficient (Wildman–Crippen LogP) is 1.86. The third-order valence-corrected chi connectivity index (χ3v) is 3.17. The first kappa shape index (κ1) is 12.5. The van der Waals surface area contributed by atoms with E-state index < -0.39 is 0 Å². The van der Waals surface area contributed by atoms with Crippen LogP contribution in [0.4, 0.5) is 0 Å². The molecular formula is C13H24N2. The Morgan fingerprint density at radius 1 is 1.53 bits per heavy atom. The second kappa shape index (κ2) is 5.53. The SMILES string of the molecule is C#CCC(CC)N1CCCNC(C)(C)C1. The molecule has 86 valence electrons. The molecule has 0 aromatic carbocycles. The molecule has 0 aromatic rings. The van der Waals surface area contributed by atoms with Crippen LogP contribution in [0.15, 0.2) is 0 Å². The first-order valence-corrected chi connectivity index (χ1v) is 6.01. The van der Waals surface area contributed by atoms with Gasteiger partial charge in [-0.1, -0.05) is 6.92 Å². The lowest BCUT2D eigenvalue weighted by Crippen LogP contribution is -2.49. The maximum absolute atomic E-state index is 5.43. The van der Waals surface area contributed by atoms with Gasteiger partial charge in [-0.15, -0.1) is 12.3 Å². The minimum absolute atomic E-state index is 0.221. The molecule has 2 nitrogen and oxygen atoms in total. The van der Waals surface area contributed by atoms with E-state index in [4.69, 9.17) is 6.42 Å². The molecule has 0 radical (unpaired) electrons. The molecule has 0 amide bonds. The lowest BCUT2D eigenvalue weighted by atomic mass is 10.0. The van der Waals surface area contributed by atoms with Crippen LogP contribution >= 0.6 is 0 Å². The summed E-state index contributed by atoms with van der Waals surface area (Å²) >= 11 is 0. The number of nitrogens with zero attached hydrogens (tertiary/aromatic N) is 1. The highest BCUT2D eigenvalue weighted by Gasteiger charge is 2.27. The molecular weight excluding hydrogens is 184 g/mol. The van der Waals surface area contributed by atoms with Gasteiger partial charge in [-0.25, -0.2) is 0 Å². The highest BCUT2D eigenvalue weighted by Crippen LogP contribution is 2.16. The lowest BCUT2D eigenvalue weighted by Gasteiger charge is -2.34. The van der Waals surface area contributed by atoms with Crippen molar-refractivity contribution in [2.24, 2.45) is 0 Å². The maximum atomic E-state index is 5.43. The highest BCUT2D eigenvalue weighted by molar-refractivity contribution is 4.93. The summed E-state index contributed by atoms with van der Waals surface area (Å²) in [5.41, 5.74) is 0.221. The van der Waals surface area contributed by atoms with E-state index in [9.17, 15) is 0 Å². The van der Waals surface area contributed by atoms with Crippen molar-refractivity contribution in [2.75, 3.05) is 19.6 Å². The number of terminal acetylenes is 1. The van der Waals surface area contributed by atoms with Crippen molar-refractivity contribution in [2.45, 2.75) is 51.6 Å². The Bertz CT molecular complexity index is 227. The smallest absolute Gasteiger partial charge is 0.0252 e. The molecule has 1 aliphatic rings. The lowest BCUT2D eigenvalue weighted by molar-refractivity contribution is 0.167. The van der Waals surface area contributed by atoms with Crippen LogP contribution in [0.25, 0.3) is 0 Å². The van der Waals surface area contributed by atoms with Crippen molar-refractivity contribution < 1.29 is 0 Å². The molecule has 1 atom stereocenters. The van der Waals surface area contributed by atoms with Gasteiger partial charge in [0.2, 0.25) is 0 Å². The van der Waals surface area contributed by atoms with Crippen molar-refractivity contribution in [3.8, 4) is 12.3 Å². The van der Waals surface area contributed by atoms with Gasteiger partial charge in [-0.3, -0.25) is 4.90 Å². The molecule has 1 unspecified atom stereocenters. The summed E-state index contributed by atoms with van der Waals surface area (Å²) in [6.07, 6.45) is 8.69. The third kappa shape index (κ3) is 3.85. The average Bonchev–Trinajstić information content (AvgIpc) is 2.35. The zero-order valence-corrected chi connectivity index (χ0v) is 10.3. The second-order valence-electron chi connectivity index (χ2n) is 5.11. The summed E-state index contributed by atoms with van der Waals surface area (Å²) < 4.78 is 0. The van der Waals surface area contributed by atoms with E-state index in [1.807, 2.05) is 0 Å². The van der Waals surface area contributed by atoms with Crippen molar-refractivity contribution in [3.63, 3.8) is 0 Å². The van der Waals surface area contributed by atoms with Gasteiger partial charge in [0, 0.05) is 24.5 Å². The molecule has 1 saturated heterocycles. The third-order valence-electron chi connectivity index (χ3n) is 3.17. The van der Waals surface area contributed by atoms with Crippen LogP contribution in [0.1, 0.15) is 40.0 Å². The number of rotatable bonds is 3. The van der Waals surface area contributed by atoms with Crippen molar-refractivity contribution in [3.05, 3.63) is 0 Å². The number of nitrogens with one attached hydrogen (secondary N) is 1. The van der Waals surface area contributed by atoms with Gasteiger partial charge in [0.15, 0.2) is 0 Å². The van der Waals surface area contributed by atoms with Gasteiger partial charge in [-0.05, 0) is 39.8 Å². The van der Waals surface area contributed by atoms with Gasteiger partial charge in [0.05, 0.1) is 0 Å². The van der Waals surface area contributed by atoms with Crippen LogP contribution in [0, 0.1) is 12.3 Å². The largest absolute Gasteiger partial charge is 0.310 e. The molecule has 0 spiro atoms. The summed E-state index contributed by atoms with van der Waals surface area (Å²) in [7, 11) is 0. The summed E-state index contributed by atoms with van der Waals surface area (Å²) in [5.74, 6) is 2.80. The Labute approximate surface area is 94.4 Å². The topological polar surface area (TPSA) is 15.3 Å². The van der Waals surface area contributed by atoms with E-state index >= 15 is 0 Å². The molecule has 1 aliphatic heterocycles. The number of hydrogen-bond donors (Lipinski definition) is 1. The van der Waals surface area contributed by atoms with Crippen LogP contribution in [0.2, 0.25) is 0 Å². The molecule has 1 fully saturated rings. The fourth-order valence-electron chi connectivity index (χ4n) is 2.33. The minimum atomic E-state index is 0.221. The molecule has 1 heterocycles. The quantitative estimate of drug-likeness (QED) is 0.712. The molecule has 0 bridgehead atoms.